The average Bonchev–Trinajstić information content (AvgIpc) is 3.04. The summed E-state index contributed by atoms with van der Waals surface area (Å²) in [5, 5.41) is 2.65. The van der Waals surface area contributed by atoms with Gasteiger partial charge in [0.1, 0.15) is 17.6 Å². The Balaban J connectivity index is 1.59. The quantitative estimate of drug-likeness (QED) is 0.586. The lowest BCUT2D eigenvalue weighted by Crippen LogP contribution is -2.20. The number of esters is 1. The average molecular weight is 381 g/mol. The Morgan fingerprint density at radius 1 is 1.25 bits per heavy atom. The number of amides is 1. The highest BCUT2D eigenvalue weighted by Gasteiger charge is 2.21. The molecule has 2 aromatic carbocycles. The van der Waals surface area contributed by atoms with Gasteiger partial charge in [-0.3, -0.25) is 4.79 Å². The third-order valence-electron chi connectivity index (χ3n) is 4.13. The van der Waals surface area contributed by atoms with E-state index in [2.05, 4.69) is 5.32 Å². The van der Waals surface area contributed by atoms with Gasteiger partial charge in [-0.05, 0) is 44.2 Å². The summed E-state index contributed by atoms with van der Waals surface area (Å²) in [6.07, 6.45) is 3.84. The molecule has 1 heterocycles. The van der Waals surface area contributed by atoms with Crippen LogP contribution in [0.4, 0.5) is 5.69 Å². The minimum absolute atomic E-state index is 0.122. The summed E-state index contributed by atoms with van der Waals surface area (Å²) in [6, 6.07) is 12.8. The van der Waals surface area contributed by atoms with Crippen molar-refractivity contribution in [3.05, 3.63) is 59.7 Å². The van der Waals surface area contributed by atoms with Gasteiger partial charge < -0.3 is 19.5 Å². The maximum absolute atomic E-state index is 12.0. The molecule has 0 radical (unpaired) electrons. The predicted octanol–water partition coefficient (Wildman–Crippen LogP) is 3.60. The van der Waals surface area contributed by atoms with Crippen molar-refractivity contribution < 1.29 is 23.8 Å². The maximum atomic E-state index is 12.0. The Hall–Kier alpha value is -3.28. The van der Waals surface area contributed by atoms with Gasteiger partial charge in [-0.1, -0.05) is 18.2 Å². The van der Waals surface area contributed by atoms with E-state index in [1.165, 1.54) is 6.08 Å². The molecule has 1 atom stereocenters. The smallest absolute Gasteiger partial charge is 0.331 e. The molecule has 146 valence electrons. The minimum Gasteiger partial charge on any atom is -0.493 e. The van der Waals surface area contributed by atoms with Gasteiger partial charge in [-0.25, -0.2) is 4.79 Å². The van der Waals surface area contributed by atoms with E-state index in [9.17, 15) is 9.59 Å². The number of para-hydroxylation sites is 1. The first-order chi connectivity index (χ1) is 13.5. The van der Waals surface area contributed by atoms with Gasteiger partial charge in [0.25, 0.3) is 5.91 Å². The van der Waals surface area contributed by atoms with Crippen molar-refractivity contribution in [3.63, 3.8) is 0 Å². The molecular formula is C22H23NO5. The van der Waals surface area contributed by atoms with Crippen LogP contribution in [-0.2, 0) is 20.7 Å². The van der Waals surface area contributed by atoms with Crippen molar-refractivity contribution in [2.24, 2.45) is 0 Å². The number of carbonyl (C=O) groups is 2. The third-order valence-corrected chi connectivity index (χ3v) is 4.13. The highest BCUT2D eigenvalue weighted by Crippen LogP contribution is 2.35. The first-order valence-corrected chi connectivity index (χ1v) is 9.21. The van der Waals surface area contributed by atoms with Crippen LogP contribution in [-0.4, -0.2) is 31.2 Å². The van der Waals surface area contributed by atoms with Crippen LogP contribution in [0, 0.1) is 0 Å². The van der Waals surface area contributed by atoms with Crippen molar-refractivity contribution >= 4 is 23.6 Å². The van der Waals surface area contributed by atoms with Gasteiger partial charge >= 0.3 is 5.97 Å². The summed E-state index contributed by atoms with van der Waals surface area (Å²) < 4.78 is 16.4. The lowest BCUT2D eigenvalue weighted by molar-refractivity contribution is -0.142. The molecule has 0 fully saturated rings. The lowest BCUT2D eigenvalue weighted by Gasteiger charge is -2.10. The molecule has 2 aromatic rings. The summed E-state index contributed by atoms with van der Waals surface area (Å²) in [5.74, 6) is 0.472. The summed E-state index contributed by atoms with van der Waals surface area (Å²) in [7, 11) is 0. The zero-order chi connectivity index (χ0) is 19.9. The molecule has 6 heteroatoms. The monoisotopic (exact) mass is 381 g/mol. The van der Waals surface area contributed by atoms with Crippen LogP contribution in [0.3, 0.4) is 0 Å². The Bertz CT molecular complexity index is 876. The van der Waals surface area contributed by atoms with Gasteiger partial charge in [0.05, 0.1) is 6.61 Å². The zero-order valence-corrected chi connectivity index (χ0v) is 15.9. The molecule has 0 aliphatic carbocycles. The van der Waals surface area contributed by atoms with Crippen LogP contribution in [0.25, 0.3) is 6.08 Å². The van der Waals surface area contributed by atoms with Gasteiger partial charge in [-0.15, -0.1) is 0 Å². The highest BCUT2D eigenvalue weighted by atomic mass is 16.5. The van der Waals surface area contributed by atoms with Gasteiger partial charge in [0, 0.05) is 29.3 Å². The van der Waals surface area contributed by atoms with Crippen molar-refractivity contribution in [2.75, 3.05) is 18.5 Å². The van der Waals surface area contributed by atoms with E-state index in [1.54, 1.807) is 30.3 Å². The summed E-state index contributed by atoms with van der Waals surface area (Å²) in [5.41, 5.74) is 2.46. The van der Waals surface area contributed by atoms with Gasteiger partial charge in [0.15, 0.2) is 6.61 Å². The van der Waals surface area contributed by atoms with Crippen molar-refractivity contribution in [1.82, 2.24) is 0 Å². The van der Waals surface area contributed by atoms with Crippen molar-refractivity contribution in [1.29, 1.82) is 0 Å². The van der Waals surface area contributed by atoms with Crippen LogP contribution in [0.1, 0.15) is 25.0 Å². The molecule has 1 amide bonds. The molecule has 0 spiro atoms. The second-order valence-corrected chi connectivity index (χ2v) is 6.42. The first kappa shape index (κ1) is 19.5. The molecule has 3 rings (SSSR count). The van der Waals surface area contributed by atoms with Crippen LogP contribution in [0.2, 0.25) is 0 Å². The van der Waals surface area contributed by atoms with Gasteiger partial charge in [-0.2, -0.15) is 0 Å². The van der Waals surface area contributed by atoms with Crippen LogP contribution >= 0.6 is 0 Å². The number of benzene rings is 2. The highest BCUT2D eigenvalue weighted by molar-refractivity contribution is 5.94. The SMILES string of the molecule is CCOc1cc2c(cc1/C=C/C(=O)OCC(=O)Nc1ccccc1)O[C@@H](C)C2. The third kappa shape index (κ3) is 5.13. The second kappa shape index (κ2) is 9.08. The van der Waals surface area contributed by atoms with E-state index in [1.807, 2.05) is 32.0 Å². The lowest BCUT2D eigenvalue weighted by atomic mass is 10.1. The number of rotatable bonds is 7. The molecule has 1 aliphatic rings. The Labute approximate surface area is 164 Å². The summed E-state index contributed by atoms with van der Waals surface area (Å²) >= 11 is 0. The van der Waals surface area contributed by atoms with Crippen LogP contribution in [0.15, 0.2) is 48.5 Å². The van der Waals surface area contributed by atoms with Crippen molar-refractivity contribution in [3.8, 4) is 11.5 Å². The fraction of sp³-hybridized carbons (Fsp3) is 0.273. The first-order valence-electron chi connectivity index (χ1n) is 9.21. The van der Waals surface area contributed by atoms with Crippen LogP contribution < -0.4 is 14.8 Å². The van der Waals surface area contributed by atoms with Crippen molar-refractivity contribution in [2.45, 2.75) is 26.4 Å². The number of fused-ring (bicyclic) bond motifs is 1. The van der Waals surface area contributed by atoms with E-state index < -0.39 is 11.9 Å². The Morgan fingerprint density at radius 2 is 2.04 bits per heavy atom. The summed E-state index contributed by atoms with van der Waals surface area (Å²) in [4.78, 5) is 23.8. The fourth-order valence-corrected chi connectivity index (χ4v) is 2.93. The molecule has 0 aromatic heterocycles. The van der Waals surface area contributed by atoms with Gasteiger partial charge in [0.2, 0.25) is 0 Å². The number of hydrogen-bond donors (Lipinski definition) is 1. The Kier molecular flexibility index (Phi) is 6.32. The molecule has 0 saturated carbocycles. The molecule has 1 aliphatic heterocycles. The summed E-state index contributed by atoms with van der Waals surface area (Å²) in [6.45, 7) is 4.06. The minimum atomic E-state index is -0.611. The predicted molar refractivity (Wildman–Crippen MR) is 106 cm³/mol. The molecule has 6 nitrogen and oxygen atoms in total. The topological polar surface area (TPSA) is 73.9 Å². The Morgan fingerprint density at radius 3 is 2.79 bits per heavy atom. The molecule has 28 heavy (non-hydrogen) atoms. The molecule has 0 saturated heterocycles. The van der Waals surface area contributed by atoms with Crippen LogP contribution in [0.5, 0.6) is 11.5 Å². The maximum Gasteiger partial charge on any atom is 0.331 e. The number of ether oxygens (including phenoxy) is 3. The fourth-order valence-electron chi connectivity index (χ4n) is 2.93. The number of carbonyl (C=O) groups excluding carboxylic acids is 2. The number of hydrogen-bond acceptors (Lipinski definition) is 5. The standard InChI is InChI=1S/C22H23NO5/c1-3-26-19-13-17-11-15(2)28-20(17)12-16(19)9-10-22(25)27-14-21(24)23-18-7-5-4-6-8-18/h4-10,12-13,15H,3,11,14H2,1-2H3,(H,23,24)/b10-9+/t15-/m0/s1. The normalized spacial score (nSPS) is 15.0. The van der Waals surface area contributed by atoms with E-state index >= 15 is 0 Å². The molecule has 0 bridgehead atoms. The number of anilines is 1. The van der Waals surface area contributed by atoms with E-state index in [4.69, 9.17) is 14.2 Å². The molecular weight excluding hydrogens is 358 g/mol. The largest absolute Gasteiger partial charge is 0.493 e. The zero-order valence-electron chi connectivity index (χ0n) is 15.9. The second-order valence-electron chi connectivity index (χ2n) is 6.42. The van der Waals surface area contributed by atoms with E-state index in [0.29, 0.717) is 18.0 Å². The molecule has 0 unspecified atom stereocenters. The molecule has 1 N–H and O–H groups in total. The van der Waals surface area contributed by atoms with E-state index in [-0.39, 0.29) is 12.7 Å². The van der Waals surface area contributed by atoms with E-state index in [0.717, 1.165) is 23.3 Å². The number of nitrogens with one attached hydrogen (secondary N) is 1.